The van der Waals surface area contributed by atoms with E-state index in [1.807, 2.05) is 53.4 Å². The number of piperazine rings is 1. The number of amides is 2. The smallest absolute Gasteiger partial charge is 0.321 e. The average Bonchev–Trinajstić information content (AvgIpc) is 2.58. The van der Waals surface area contributed by atoms with Crippen LogP contribution < -0.4 is 16.0 Å². The summed E-state index contributed by atoms with van der Waals surface area (Å²) in [5.41, 5.74) is 9.86. The van der Waals surface area contributed by atoms with E-state index < -0.39 is 0 Å². The number of urea groups is 1. The number of hydrogen-bond donors (Lipinski definition) is 2. The summed E-state index contributed by atoms with van der Waals surface area (Å²) in [6, 6.07) is 15.5. The van der Waals surface area contributed by atoms with E-state index in [4.69, 9.17) is 5.73 Å². The van der Waals surface area contributed by atoms with Gasteiger partial charge in [0.05, 0.1) is 0 Å². The summed E-state index contributed by atoms with van der Waals surface area (Å²) in [6.07, 6.45) is 0. The van der Waals surface area contributed by atoms with Crippen LogP contribution in [0.3, 0.4) is 0 Å². The van der Waals surface area contributed by atoms with Gasteiger partial charge in [0.15, 0.2) is 0 Å². The predicted molar refractivity (Wildman–Crippen MR) is 94.8 cm³/mol. The molecule has 0 bridgehead atoms. The Bertz CT molecular complexity index is 679. The molecule has 2 aromatic rings. The third-order valence-corrected chi connectivity index (χ3v) is 4.17. The first-order valence-corrected chi connectivity index (χ1v) is 7.85. The lowest BCUT2D eigenvalue weighted by atomic mass is 10.1. The topological polar surface area (TPSA) is 61.6 Å². The maximum Gasteiger partial charge on any atom is 0.321 e. The van der Waals surface area contributed by atoms with Crippen molar-refractivity contribution in [2.75, 3.05) is 42.1 Å². The second kappa shape index (κ2) is 6.60. The Balaban J connectivity index is 1.60. The molecule has 0 aromatic heterocycles. The molecule has 2 aromatic carbocycles. The molecule has 1 aliphatic rings. The number of hydrogen-bond acceptors (Lipinski definition) is 3. The van der Waals surface area contributed by atoms with E-state index in [2.05, 4.69) is 17.1 Å². The number of nitrogens with zero attached hydrogens (tertiary/aromatic N) is 2. The molecule has 3 N–H and O–H groups in total. The van der Waals surface area contributed by atoms with Crippen LogP contribution in [-0.2, 0) is 0 Å². The summed E-state index contributed by atoms with van der Waals surface area (Å²) in [5, 5.41) is 2.94. The number of carbonyl (C=O) groups excluding carboxylic acids is 1. The monoisotopic (exact) mass is 310 g/mol. The molecule has 3 rings (SSSR count). The van der Waals surface area contributed by atoms with Crippen molar-refractivity contribution in [1.82, 2.24) is 4.90 Å². The van der Waals surface area contributed by atoms with Crippen molar-refractivity contribution in [3.05, 3.63) is 54.1 Å². The van der Waals surface area contributed by atoms with Gasteiger partial charge in [0, 0.05) is 43.2 Å². The van der Waals surface area contributed by atoms with E-state index in [9.17, 15) is 4.79 Å². The molecule has 5 nitrogen and oxygen atoms in total. The number of benzene rings is 2. The van der Waals surface area contributed by atoms with Crippen molar-refractivity contribution in [3.63, 3.8) is 0 Å². The predicted octanol–water partition coefficient (Wildman–Crippen LogP) is 2.93. The highest BCUT2D eigenvalue weighted by Gasteiger charge is 2.22. The van der Waals surface area contributed by atoms with Crippen LogP contribution in [0.4, 0.5) is 21.9 Å². The van der Waals surface area contributed by atoms with Gasteiger partial charge in [0.2, 0.25) is 0 Å². The summed E-state index contributed by atoms with van der Waals surface area (Å²) in [5.74, 6) is 0. The van der Waals surface area contributed by atoms with Gasteiger partial charge in [-0.05, 0) is 36.8 Å². The van der Waals surface area contributed by atoms with Gasteiger partial charge in [0.25, 0.3) is 0 Å². The molecule has 1 fully saturated rings. The van der Waals surface area contributed by atoms with Gasteiger partial charge >= 0.3 is 6.03 Å². The molecule has 0 unspecified atom stereocenters. The van der Waals surface area contributed by atoms with Gasteiger partial charge < -0.3 is 20.9 Å². The number of carbonyl (C=O) groups is 1. The van der Waals surface area contributed by atoms with Crippen molar-refractivity contribution in [3.8, 4) is 0 Å². The number of nitrogen functional groups attached to an aromatic ring is 1. The Hall–Kier alpha value is -2.69. The lowest BCUT2D eigenvalue weighted by Gasteiger charge is -2.36. The first kappa shape index (κ1) is 15.2. The molecule has 1 aliphatic heterocycles. The van der Waals surface area contributed by atoms with Crippen LogP contribution in [0.25, 0.3) is 0 Å². The zero-order valence-electron chi connectivity index (χ0n) is 13.3. The standard InChI is InChI=1S/C18H22N4O/c1-14-7-8-15(19)13-17(14)21-9-11-22(12-10-21)18(23)20-16-5-3-2-4-6-16/h2-8,13H,9-12,19H2,1H3,(H,20,23). The first-order valence-electron chi connectivity index (χ1n) is 7.85. The fourth-order valence-electron chi connectivity index (χ4n) is 2.84. The number of nitrogens with two attached hydrogens (primary N) is 1. The van der Waals surface area contributed by atoms with Gasteiger partial charge in [-0.15, -0.1) is 0 Å². The highest BCUT2D eigenvalue weighted by Crippen LogP contribution is 2.24. The van der Waals surface area contributed by atoms with Gasteiger partial charge in [-0.25, -0.2) is 4.79 Å². The summed E-state index contributed by atoms with van der Waals surface area (Å²) in [7, 11) is 0. The number of anilines is 3. The van der Waals surface area contributed by atoms with Crippen LogP contribution in [0, 0.1) is 6.92 Å². The van der Waals surface area contributed by atoms with Crippen molar-refractivity contribution < 1.29 is 4.79 Å². The highest BCUT2D eigenvalue weighted by atomic mass is 16.2. The van der Waals surface area contributed by atoms with Crippen LogP contribution in [0.15, 0.2) is 48.5 Å². The summed E-state index contributed by atoms with van der Waals surface area (Å²) in [4.78, 5) is 16.5. The van der Waals surface area contributed by atoms with Crippen LogP contribution >= 0.6 is 0 Å². The average molecular weight is 310 g/mol. The maximum atomic E-state index is 12.3. The molecular formula is C18H22N4O. The van der Waals surface area contributed by atoms with E-state index >= 15 is 0 Å². The minimum Gasteiger partial charge on any atom is -0.399 e. The van der Waals surface area contributed by atoms with Crippen LogP contribution in [0.2, 0.25) is 0 Å². The lowest BCUT2D eigenvalue weighted by Crippen LogP contribution is -2.50. The normalized spacial score (nSPS) is 14.7. The van der Waals surface area contributed by atoms with Crippen molar-refractivity contribution in [1.29, 1.82) is 0 Å². The van der Waals surface area contributed by atoms with Crippen LogP contribution in [0.1, 0.15) is 5.56 Å². The van der Waals surface area contributed by atoms with E-state index in [1.165, 1.54) is 5.56 Å². The van der Waals surface area contributed by atoms with E-state index in [1.54, 1.807) is 0 Å². The Morgan fingerprint density at radius 1 is 1.04 bits per heavy atom. The van der Waals surface area contributed by atoms with Crippen molar-refractivity contribution in [2.45, 2.75) is 6.92 Å². The Morgan fingerprint density at radius 2 is 1.74 bits per heavy atom. The molecule has 23 heavy (non-hydrogen) atoms. The fraction of sp³-hybridized carbons (Fsp3) is 0.278. The van der Waals surface area contributed by atoms with Crippen molar-refractivity contribution in [2.24, 2.45) is 0 Å². The summed E-state index contributed by atoms with van der Waals surface area (Å²) < 4.78 is 0. The molecule has 1 heterocycles. The minimum absolute atomic E-state index is 0.0415. The fourth-order valence-corrected chi connectivity index (χ4v) is 2.84. The second-order valence-corrected chi connectivity index (χ2v) is 5.82. The largest absolute Gasteiger partial charge is 0.399 e. The van der Waals surface area contributed by atoms with Crippen molar-refractivity contribution >= 4 is 23.1 Å². The third kappa shape index (κ3) is 3.56. The molecule has 0 aliphatic carbocycles. The van der Waals surface area contributed by atoms with E-state index in [0.29, 0.717) is 13.1 Å². The molecule has 1 saturated heterocycles. The summed E-state index contributed by atoms with van der Waals surface area (Å²) >= 11 is 0. The number of rotatable bonds is 2. The molecule has 0 atom stereocenters. The quantitative estimate of drug-likeness (QED) is 0.838. The van der Waals surface area contributed by atoms with E-state index in [0.717, 1.165) is 30.2 Å². The van der Waals surface area contributed by atoms with Crippen LogP contribution in [-0.4, -0.2) is 37.1 Å². The molecule has 0 saturated carbocycles. The SMILES string of the molecule is Cc1ccc(N)cc1N1CCN(C(=O)Nc2ccccc2)CC1. The molecular weight excluding hydrogens is 288 g/mol. The third-order valence-electron chi connectivity index (χ3n) is 4.17. The lowest BCUT2D eigenvalue weighted by molar-refractivity contribution is 0.208. The van der Waals surface area contributed by atoms with E-state index in [-0.39, 0.29) is 6.03 Å². The first-order chi connectivity index (χ1) is 11.1. The number of aryl methyl sites for hydroxylation is 1. The highest BCUT2D eigenvalue weighted by molar-refractivity contribution is 5.89. The zero-order valence-corrected chi connectivity index (χ0v) is 13.3. The van der Waals surface area contributed by atoms with Gasteiger partial charge in [-0.2, -0.15) is 0 Å². The number of para-hydroxylation sites is 1. The molecule has 0 radical (unpaired) electrons. The second-order valence-electron chi connectivity index (χ2n) is 5.82. The summed E-state index contributed by atoms with van der Waals surface area (Å²) in [6.45, 7) is 5.11. The van der Waals surface area contributed by atoms with Gasteiger partial charge in [-0.3, -0.25) is 0 Å². The van der Waals surface area contributed by atoms with Gasteiger partial charge in [-0.1, -0.05) is 24.3 Å². The molecule has 5 heteroatoms. The Labute approximate surface area is 136 Å². The Morgan fingerprint density at radius 3 is 2.43 bits per heavy atom. The molecule has 0 spiro atoms. The Kier molecular flexibility index (Phi) is 4.37. The van der Waals surface area contributed by atoms with Crippen LogP contribution in [0.5, 0.6) is 0 Å². The molecule has 2 amide bonds. The van der Waals surface area contributed by atoms with Gasteiger partial charge in [0.1, 0.15) is 0 Å². The minimum atomic E-state index is -0.0415. The zero-order chi connectivity index (χ0) is 16.2. The number of nitrogens with one attached hydrogen (secondary N) is 1. The molecule has 120 valence electrons. The maximum absolute atomic E-state index is 12.3.